The minimum Gasteiger partial charge on any atom is -0.462 e. The van der Waals surface area contributed by atoms with Crippen LogP contribution in [0, 0.1) is 0 Å². The van der Waals surface area contributed by atoms with Gasteiger partial charge in [-0.3, -0.25) is 18.6 Å². The number of hydrogen-bond donors (Lipinski definition) is 1. The Hall–Kier alpha value is -2.55. The second-order valence-electron chi connectivity index (χ2n) is 23.1. The van der Waals surface area contributed by atoms with E-state index in [1.165, 1.54) is 186 Å². The molecule has 9 nitrogen and oxygen atoms in total. The number of ether oxygens (including phenoxy) is 2. The van der Waals surface area contributed by atoms with Gasteiger partial charge in [-0.1, -0.05) is 273 Å². The summed E-state index contributed by atoms with van der Waals surface area (Å²) in [5, 5.41) is 0. The van der Waals surface area contributed by atoms with E-state index >= 15 is 0 Å². The Morgan fingerprint density at radius 1 is 0.410 bits per heavy atom. The molecule has 0 saturated heterocycles. The van der Waals surface area contributed by atoms with E-state index in [1.54, 1.807) is 0 Å². The lowest BCUT2D eigenvalue weighted by Gasteiger charge is -2.24. The van der Waals surface area contributed by atoms with E-state index in [0.29, 0.717) is 17.4 Å². The number of rotatable bonds is 60. The van der Waals surface area contributed by atoms with Gasteiger partial charge in [-0.25, -0.2) is 4.57 Å². The van der Waals surface area contributed by atoms with Gasteiger partial charge in [-0.2, -0.15) is 0 Å². The highest BCUT2D eigenvalue weighted by Gasteiger charge is 2.27. The Morgan fingerprint density at radius 2 is 0.731 bits per heavy atom. The van der Waals surface area contributed by atoms with Crippen molar-refractivity contribution in [3.63, 3.8) is 0 Å². The zero-order chi connectivity index (χ0) is 57.0. The maximum absolute atomic E-state index is 12.8. The van der Waals surface area contributed by atoms with Crippen molar-refractivity contribution in [2.24, 2.45) is 0 Å². The van der Waals surface area contributed by atoms with E-state index in [4.69, 9.17) is 18.5 Å². The highest BCUT2D eigenvalue weighted by Crippen LogP contribution is 2.43. The van der Waals surface area contributed by atoms with Crippen molar-refractivity contribution >= 4 is 19.8 Å². The minimum absolute atomic E-state index is 0.0288. The second-order valence-corrected chi connectivity index (χ2v) is 24.6. The molecule has 0 rings (SSSR count). The predicted molar refractivity (Wildman–Crippen MR) is 335 cm³/mol. The van der Waals surface area contributed by atoms with E-state index in [2.05, 4.69) is 86.8 Å². The number of carbonyl (C=O) groups is 2. The molecule has 0 aliphatic rings. The van der Waals surface area contributed by atoms with Crippen LogP contribution in [-0.4, -0.2) is 74.9 Å². The standard InChI is InChI=1S/C68H124NO8P/c1-6-8-10-12-14-16-18-20-22-24-26-28-30-32-33-34-35-37-38-40-42-44-46-48-50-52-54-56-58-60-67(70)74-64-66(65-76-78(72,73)75-63-62-69(3,4)5)77-68(71)61-59-57-55-53-51-49-47-45-43-41-39-36-31-29-27-25-23-21-19-17-15-13-11-9-7-2/h9,11,15,17,21,23-24,26-27,29,36,39,66H,6-8,10,12-14,16,18-20,22,25,28,30-35,37-38,40-65H2,1-5H3/p+1/b11-9-,17-15-,23-21-,26-24-,29-27-,39-36-. The average molecular weight is 1120 g/mol. The number of unbranched alkanes of at least 4 members (excludes halogenated alkanes) is 34. The van der Waals surface area contributed by atoms with Crippen LogP contribution >= 0.6 is 7.82 Å². The molecule has 0 fully saturated rings. The summed E-state index contributed by atoms with van der Waals surface area (Å²) in [6.07, 6.45) is 78.5. The largest absolute Gasteiger partial charge is 0.472 e. The van der Waals surface area contributed by atoms with Crippen molar-refractivity contribution in [2.45, 2.75) is 302 Å². The zero-order valence-corrected chi connectivity index (χ0v) is 52.5. The molecule has 0 aromatic heterocycles. The number of allylic oxidation sites excluding steroid dienone is 12. The molecule has 10 heteroatoms. The Bertz CT molecular complexity index is 1550. The van der Waals surface area contributed by atoms with Crippen LogP contribution in [0.15, 0.2) is 72.9 Å². The lowest BCUT2D eigenvalue weighted by molar-refractivity contribution is -0.870. The molecule has 454 valence electrons. The normalized spacial score (nSPS) is 13.7. The first kappa shape index (κ1) is 75.5. The molecule has 0 heterocycles. The molecule has 2 atom stereocenters. The van der Waals surface area contributed by atoms with Crippen LogP contribution in [0.4, 0.5) is 0 Å². The lowest BCUT2D eigenvalue weighted by atomic mass is 10.0. The third-order valence-electron chi connectivity index (χ3n) is 14.2. The number of likely N-dealkylation sites (N-methyl/N-ethyl adjacent to an activating group) is 1. The highest BCUT2D eigenvalue weighted by molar-refractivity contribution is 7.47. The summed E-state index contributed by atoms with van der Waals surface area (Å²) >= 11 is 0. The van der Waals surface area contributed by atoms with Crippen LogP contribution in [0.2, 0.25) is 0 Å². The predicted octanol–water partition coefficient (Wildman–Crippen LogP) is 20.8. The Morgan fingerprint density at radius 3 is 1.10 bits per heavy atom. The summed E-state index contributed by atoms with van der Waals surface area (Å²) in [4.78, 5) is 35.8. The Labute approximate surface area is 482 Å². The van der Waals surface area contributed by atoms with Crippen LogP contribution < -0.4 is 0 Å². The smallest absolute Gasteiger partial charge is 0.462 e. The topological polar surface area (TPSA) is 108 Å². The highest BCUT2D eigenvalue weighted by atomic mass is 31.2. The molecule has 78 heavy (non-hydrogen) atoms. The van der Waals surface area contributed by atoms with Gasteiger partial charge in [0.1, 0.15) is 19.8 Å². The van der Waals surface area contributed by atoms with Gasteiger partial charge in [0, 0.05) is 12.8 Å². The van der Waals surface area contributed by atoms with Gasteiger partial charge >= 0.3 is 19.8 Å². The third kappa shape index (κ3) is 62.6. The van der Waals surface area contributed by atoms with Crippen LogP contribution in [-0.2, 0) is 32.7 Å². The van der Waals surface area contributed by atoms with Crippen molar-refractivity contribution in [3.8, 4) is 0 Å². The molecule has 0 radical (unpaired) electrons. The van der Waals surface area contributed by atoms with Gasteiger partial charge in [0.15, 0.2) is 6.10 Å². The first-order valence-electron chi connectivity index (χ1n) is 32.7. The van der Waals surface area contributed by atoms with Crippen molar-refractivity contribution < 1.29 is 42.1 Å². The molecule has 0 bridgehead atoms. The summed E-state index contributed by atoms with van der Waals surface area (Å²) in [6, 6.07) is 0. The quantitative estimate of drug-likeness (QED) is 0.0211. The molecular formula is C68H125NO8P+. The van der Waals surface area contributed by atoms with E-state index in [1.807, 2.05) is 21.1 Å². The van der Waals surface area contributed by atoms with Gasteiger partial charge in [-0.05, 0) is 83.5 Å². The molecular weight excluding hydrogens is 990 g/mol. The van der Waals surface area contributed by atoms with E-state index < -0.39 is 26.5 Å². The van der Waals surface area contributed by atoms with Gasteiger partial charge in [0.05, 0.1) is 27.7 Å². The lowest BCUT2D eigenvalue weighted by Crippen LogP contribution is -2.37. The second kappa shape index (κ2) is 59.1. The molecule has 0 saturated carbocycles. The molecule has 1 N–H and O–H groups in total. The van der Waals surface area contributed by atoms with Gasteiger partial charge in [0.25, 0.3) is 0 Å². The summed E-state index contributed by atoms with van der Waals surface area (Å²) in [5.74, 6) is -0.796. The van der Waals surface area contributed by atoms with Crippen LogP contribution in [0.5, 0.6) is 0 Å². The molecule has 2 unspecified atom stereocenters. The third-order valence-corrected chi connectivity index (χ3v) is 15.2. The number of hydrogen-bond acceptors (Lipinski definition) is 7. The van der Waals surface area contributed by atoms with Gasteiger partial charge < -0.3 is 18.9 Å². The van der Waals surface area contributed by atoms with E-state index in [-0.39, 0.29) is 32.0 Å². The monoisotopic (exact) mass is 1110 g/mol. The summed E-state index contributed by atoms with van der Waals surface area (Å²) in [5.41, 5.74) is 0. The number of carbonyl (C=O) groups excluding carboxylic acids is 2. The minimum atomic E-state index is -4.39. The van der Waals surface area contributed by atoms with Gasteiger partial charge in [-0.15, -0.1) is 0 Å². The fraction of sp³-hybridized carbons (Fsp3) is 0.794. The summed E-state index contributed by atoms with van der Waals surface area (Å²) in [6.45, 7) is 4.35. The van der Waals surface area contributed by atoms with Crippen molar-refractivity contribution in [2.75, 3.05) is 47.5 Å². The first-order chi connectivity index (χ1) is 38.0. The molecule has 0 aromatic carbocycles. The van der Waals surface area contributed by atoms with Gasteiger partial charge in [0.2, 0.25) is 0 Å². The maximum Gasteiger partial charge on any atom is 0.472 e. The number of phosphoric acid groups is 1. The molecule has 0 spiro atoms. The number of phosphoric ester groups is 1. The number of nitrogens with zero attached hydrogens (tertiary/aromatic N) is 1. The SMILES string of the molecule is CC/C=C\C/C=C\C/C=C\C/C=C\C/C=C\CCCCCCCCCCCC(=O)OC(COC(=O)CCCCCCCCCCCCCCCCCCC/C=C\CCCCCCCCCC)COP(=O)(O)OCC[N+](C)(C)C. The van der Waals surface area contributed by atoms with Crippen molar-refractivity contribution in [3.05, 3.63) is 72.9 Å². The van der Waals surface area contributed by atoms with Crippen LogP contribution in [0.3, 0.4) is 0 Å². The van der Waals surface area contributed by atoms with E-state index in [9.17, 15) is 19.0 Å². The fourth-order valence-electron chi connectivity index (χ4n) is 9.22. The zero-order valence-electron chi connectivity index (χ0n) is 51.6. The summed E-state index contributed by atoms with van der Waals surface area (Å²) in [7, 11) is 1.48. The average Bonchev–Trinajstić information content (AvgIpc) is 3.40. The van der Waals surface area contributed by atoms with Crippen molar-refractivity contribution in [1.29, 1.82) is 0 Å². The molecule has 0 aliphatic heterocycles. The molecule has 0 amide bonds. The van der Waals surface area contributed by atoms with Crippen molar-refractivity contribution in [1.82, 2.24) is 0 Å². The molecule has 0 aromatic rings. The fourth-order valence-corrected chi connectivity index (χ4v) is 9.96. The molecule has 0 aliphatic carbocycles. The van der Waals surface area contributed by atoms with E-state index in [0.717, 1.165) is 77.0 Å². The Balaban J connectivity index is 4.08. The van der Waals surface area contributed by atoms with Crippen LogP contribution in [0.25, 0.3) is 0 Å². The first-order valence-corrected chi connectivity index (χ1v) is 34.2. The summed E-state index contributed by atoms with van der Waals surface area (Å²) < 4.78 is 34.7. The van der Waals surface area contributed by atoms with Crippen LogP contribution in [0.1, 0.15) is 296 Å². The Kier molecular flexibility index (Phi) is 57.2. The maximum atomic E-state index is 12.8. The number of esters is 2. The number of quaternary nitrogens is 1.